The summed E-state index contributed by atoms with van der Waals surface area (Å²) < 4.78 is 16.5. The number of rotatable bonds is 2. The van der Waals surface area contributed by atoms with Crippen molar-refractivity contribution < 1.29 is 19.0 Å². The molecule has 0 aliphatic carbocycles. The zero-order valence-electron chi connectivity index (χ0n) is 11.3. The van der Waals surface area contributed by atoms with E-state index in [0.717, 1.165) is 5.56 Å². The van der Waals surface area contributed by atoms with Gasteiger partial charge >= 0.3 is 5.97 Å². The van der Waals surface area contributed by atoms with Gasteiger partial charge in [-0.1, -0.05) is 23.7 Å². The van der Waals surface area contributed by atoms with Gasteiger partial charge in [0.25, 0.3) is 0 Å². The van der Waals surface area contributed by atoms with Crippen LogP contribution >= 0.6 is 11.6 Å². The number of carbonyl (C=O) groups is 1. The minimum Gasteiger partial charge on any atom is -0.485 e. The highest BCUT2D eigenvalue weighted by molar-refractivity contribution is 6.30. The van der Waals surface area contributed by atoms with Gasteiger partial charge in [0.05, 0.1) is 0 Å². The van der Waals surface area contributed by atoms with E-state index in [1.165, 1.54) is 0 Å². The lowest BCUT2D eigenvalue weighted by Gasteiger charge is -2.25. The van der Waals surface area contributed by atoms with E-state index < -0.39 is 12.1 Å². The van der Waals surface area contributed by atoms with Crippen molar-refractivity contribution >= 4 is 17.6 Å². The molecule has 1 atom stereocenters. The van der Waals surface area contributed by atoms with E-state index in [1.807, 2.05) is 19.1 Å². The SMILES string of the molecule is Cc1cc(Cl)ccc1OC(=O)C1COc2ccccc2O1. The first-order valence-corrected chi connectivity index (χ1v) is 6.87. The van der Waals surface area contributed by atoms with E-state index in [-0.39, 0.29) is 6.61 Å². The summed E-state index contributed by atoms with van der Waals surface area (Å²) in [6.45, 7) is 1.95. The fraction of sp³-hybridized carbons (Fsp3) is 0.188. The van der Waals surface area contributed by atoms with Gasteiger partial charge < -0.3 is 14.2 Å². The number of esters is 1. The largest absolute Gasteiger partial charge is 0.485 e. The average molecular weight is 305 g/mol. The van der Waals surface area contributed by atoms with Crippen LogP contribution in [0, 0.1) is 6.92 Å². The van der Waals surface area contributed by atoms with Crippen LogP contribution in [0.2, 0.25) is 5.02 Å². The van der Waals surface area contributed by atoms with Gasteiger partial charge in [0.15, 0.2) is 11.5 Å². The third kappa shape index (κ3) is 2.95. The number of benzene rings is 2. The Labute approximate surface area is 127 Å². The van der Waals surface area contributed by atoms with Crippen molar-refractivity contribution in [2.24, 2.45) is 0 Å². The van der Waals surface area contributed by atoms with Crippen molar-refractivity contribution in [2.75, 3.05) is 6.61 Å². The molecule has 0 fully saturated rings. The molecule has 2 aromatic rings. The van der Waals surface area contributed by atoms with Gasteiger partial charge in [-0.3, -0.25) is 0 Å². The molecule has 21 heavy (non-hydrogen) atoms. The minimum absolute atomic E-state index is 0.127. The van der Waals surface area contributed by atoms with E-state index in [1.54, 1.807) is 30.3 Å². The molecule has 0 amide bonds. The Balaban J connectivity index is 1.72. The van der Waals surface area contributed by atoms with Crippen LogP contribution < -0.4 is 14.2 Å². The molecule has 0 saturated carbocycles. The Morgan fingerprint density at radius 1 is 1.24 bits per heavy atom. The Kier molecular flexibility index (Phi) is 3.71. The molecule has 2 aromatic carbocycles. The Morgan fingerprint density at radius 3 is 2.76 bits per heavy atom. The number of aryl methyl sites for hydroxylation is 1. The standard InChI is InChI=1S/C16H13ClO4/c1-10-8-11(17)6-7-12(10)21-16(18)15-9-19-13-4-2-3-5-14(13)20-15/h2-8,15H,9H2,1H3. The molecule has 0 aromatic heterocycles. The van der Waals surface area contributed by atoms with Crippen LogP contribution in [0.15, 0.2) is 42.5 Å². The van der Waals surface area contributed by atoms with Gasteiger partial charge in [-0.25, -0.2) is 4.79 Å². The molecule has 1 heterocycles. The zero-order valence-corrected chi connectivity index (χ0v) is 12.1. The van der Waals surface area contributed by atoms with E-state index in [4.69, 9.17) is 25.8 Å². The average Bonchev–Trinajstić information content (AvgIpc) is 2.49. The van der Waals surface area contributed by atoms with Gasteiger partial charge in [-0.15, -0.1) is 0 Å². The Bertz CT molecular complexity index is 684. The predicted molar refractivity (Wildman–Crippen MR) is 78.2 cm³/mol. The van der Waals surface area contributed by atoms with Gasteiger partial charge in [0.2, 0.25) is 6.10 Å². The first-order chi connectivity index (χ1) is 10.1. The summed E-state index contributed by atoms with van der Waals surface area (Å²) >= 11 is 5.87. The van der Waals surface area contributed by atoms with E-state index in [0.29, 0.717) is 22.3 Å². The number of halogens is 1. The van der Waals surface area contributed by atoms with Crippen LogP contribution in [0.4, 0.5) is 0 Å². The van der Waals surface area contributed by atoms with Crippen LogP contribution in [0.5, 0.6) is 17.2 Å². The molecular weight excluding hydrogens is 292 g/mol. The Morgan fingerprint density at radius 2 is 2.00 bits per heavy atom. The maximum absolute atomic E-state index is 12.2. The molecule has 0 spiro atoms. The third-order valence-electron chi connectivity index (χ3n) is 3.12. The molecule has 4 nitrogen and oxygen atoms in total. The highest BCUT2D eigenvalue weighted by Crippen LogP contribution is 2.31. The monoisotopic (exact) mass is 304 g/mol. The van der Waals surface area contributed by atoms with E-state index >= 15 is 0 Å². The fourth-order valence-electron chi connectivity index (χ4n) is 2.04. The summed E-state index contributed by atoms with van der Waals surface area (Å²) in [7, 11) is 0. The second-order valence-electron chi connectivity index (χ2n) is 4.70. The molecule has 108 valence electrons. The number of carbonyl (C=O) groups excluding carboxylic acids is 1. The summed E-state index contributed by atoms with van der Waals surface area (Å²) in [5.74, 6) is 1.14. The number of fused-ring (bicyclic) bond motifs is 1. The molecule has 0 radical (unpaired) electrons. The van der Waals surface area contributed by atoms with Gasteiger partial charge in [0.1, 0.15) is 12.4 Å². The Hall–Kier alpha value is -2.20. The predicted octanol–water partition coefficient (Wildman–Crippen LogP) is 3.39. The zero-order chi connectivity index (χ0) is 14.8. The van der Waals surface area contributed by atoms with Crippen molar-refractivity contribution in [1.29, 1.82) is 0 Å². The number of hydrogen-bond acceptors (Lipinski definition) is 4. The van der Waals surface area contributed by atoms with Crippen LogP contribution in [-0.4, -0.2) is 18.7 Å². The number of ether oxygens (including phenoxy) is 3. The molecule has 0 bridgehead atoms. The lowest BCUT2D eigenvalue weighted by Crippen LogP contribution is -2.39. The molecule has 1 aliphatic rings. The van der Waals surface area contributed by atoms with E-state index in [2.05, 4.69) is 0 Å². The molecular formula is C16H13ClO4. The van der Waals surface area contributed by atoms with Crippen molar-refractivity contribution in [3.05, 3.63) is 53.1 Å². The molecule has 5 heteroatoms. The highest BCUT2D eigenvalue weighted by atomic mass is 35.5. The number of para-hydroxylation sites is 2. The second-order valence-corrected chi connectivity index (χ2v) is 5.13. The van der Waals surface area contributed by atoms with Crippen LogP contribution in [-0.2, 0) is 4.79 Å². The molecule has 0 saturated heterocycles. The molecule has 0 N–H and O–H groups in total. The molecule has 3 rings (SSSR count). The maximum Gasteiger partial charge on any atom is 0.356 e. The molecule has 1 unspecified atom stereocenters. The summed E-state index contributed by atoms with van der Waals surface area (Å²) in [4.78, 5) is 12.2. The first kappa shape index (κ1) is 13.8. The van der Waals surface area contributed by atoms with Crippen LogP contribution in [0.3, 0.4) is 0 Å². The summed E-state index contributed by atoms with van der Waals surface area (Å²) in [5, 5.41) is 0.596. The van der Waals surface area contributed by atoms with Crippen LogP contribution in [0.25, 0.3) is 0 Å². The molecule has 1 aliphatic heterocycles. The first-order valence-electron chi connectivity index (χ1n) is 6.50. The van der Waals surface area contributed by atoms with Crippen LogP contribution in [0.1, 0.15) is 5.56 Å². The van der Waals surface area contributed by atoms with Crippen molar-refractivity contribution in [3.8, 4) is 17.2 Å². The van der Waals surface area contributed by atoms with Gasteiger partial charge in [0, 0.05) is 5.02 Å². The summed E-state index contributed by atoms with van der Waals surface area (Å²) in [6.07, 6.45) is -0.782. The topological polar surface area (TPSA) is 44.8 Å². The normalized spacial score (nSPS) is 16.4. The smallest absolute Gasteiger partial charge is 0.356 e. The lowest BCUT2D eigenvalue weighted by atomic mass is 10.2. The van der Waals surface area contributed by atoms with Crippen molar-refractivity contribution in [2.45, 2.75) is 13.0 Å². The quantitative estimate of drug-likeness (QED) is 0.630. The number of hydrogen-bond donors (Lipinski definition) is 0. The van der Waals surface area contributed by atoms with Crippen molar-refractivity contribution in [3.63, 3.8) is 0 Å². The van der Waals surface area contributed by atoms with Gasteiger partial charge in [-0.2, -0.15) is 0 Å². The summed E-state index contributed by atoms with van der Waals surface area (Å²) in [6, 6.07) is 12.3. The highest BCUT2D eigenvalue weighted by Gasteiger charge is 2.29. The minimum atomic E-state index is -0.782. The third-order valence-corrected chi connectivity index (χ3v) is 3.35. The van der Waals surface area contributed by atoms with Crippen molar-refractivity contribution in [1.82, 2.24) is 0 Å². The fourth-order valence-corrected chi connectivity index (χ4v) is 2.26. The van der Waals surface area contributed by atoms with E-state index in [9.17, 15) is 4.79 Å². The second kappa shape index (κ2) is 5.66. The summed E-state index contributed by atoms with van der Waals surface area (Å²) in [5.41, 5.74) is 0.785. The van der Waals surface area contributed by atoms with Gasteiger partial charge in [-0.05, 0) is 42.8 Å². The lowest BCUT2D eigenvalue weighted by molar-refractivity contribution is -0.144. The maximum atomic E-state index is 12.2.